The first-order valence-electron chi connectivity index (χ1n) is 14.6. The van der Waals surface area contributed by atoms with Crippen molar-refractivity contribution in [2.75, 3.05) is 19.6 Å². The van der Waals surface area contributed by atoms with Gasteiger partial charge in [0, 0.05) is 38.2 Å². The van der Waals surface area contributed by atoms with Gasteiger partial charge in [-0.1, -0.05) is 62.4 Å². The number of halogens is 2. The van der Waals surface area contributed by atoms with Crippen LogP contribution in [0.1, 0.15) is 82.4 Å². The third kappa shape index (κ3) is 6.06. The highest BCUT2D eigenvalue weighted by atomic mass is 35.5. The van der Waals surface area contributed by atoms with Crippen LogP contribution in [0.2, 0.25) is 5.15 Å². The van der Waals surface area contributed by atoms with Crippen LogP contribution >= 0.6 is 24.0 Å². The fraction of sp³-hybridized carbons (Fsp3) is 0.633. The largest absolute Gasteiger partial charge is 0.390 e. The molecule has 40 heavy (non-hydrogen) atoms. The van der Waals surface area contributed by atoms with Crippen LogP contribution in [0.5, 0.6) is 0 Å². The number of unbranched alkanes of at least 4 members (excludes halogenated alkanes) is 1. The topological polar surface area (TPSA) is 90.7 Å². The van der Waals surface area contributed by atoms with Crippen LogP contribution in [-0.4, -0.2) is 73.3 Å². The summed E-state index contributed by atoms with van der Waals surface area (Å²) in [4.78, 5) is 31.7. The van der Waals surface area contributed by atoms with E-state index < -0.39 is 17.2 Å². The van der Waals surface area contributed by atoms with Gasteiger partial charge >= 0.3 is 0 Å². The summed E-state index contributed by atoms with van der Waals surface area (Å²) in [5, 5.41) is 19.5. The number of carbonyl (C=O) groups excluding carboxylic acids is 2. The number of aryl methyl sites for hydroxylation is 1. The van der Waals surface area contributed by atoms with Crippen molar-refractivity contribution in [2.24, 2.45) is 0 Å². The molecule has 220 valence electrons. The van der Waals surface area contributed by atoms with E-state index in [1.54, 1.807) is 4.68 Å². The highest BCUT2D eigenvalue weighted by Gasteiger charge is 2.54. The van der Waals surface area contributed by atoms with E-state index in [1.165, 1.54) is 0 Å². The number of carbonyl (C=O) groups is 2. The number of nitrogens with one attached hydrogen (secondary N) is 1. The second-order valence-electron chi connectivity index (χ2n) is 11.8. The minimum absolute atomic E-state index is 0. The maximum absolute atomic E-state index is 13.8. The third-order valence-electron chi connectivity index (χ3n) is 9.10. The Kier molecular flexibility index (Phi) is 9.87. The Morgan fingerprint density at radius 1 is 1.07 bits per heavy atom. The summed E-state index contributed by atoms with van der Waals surface area (Å²) in [6.07, 6.45) is 7.73. The van der Waals surface area contributed by atoms with Crippen LogP contribution in [0.3, 0.4) is 0 Å². The molecule has 8 nitrogen and oxygen atoms in total. The Hall–Kier alpha value is -2.13. The van der Waals surface area contributed by atoms with Crippen LogP contribution in [0.15, 0.2) is 30.3 Å². The lowest BCUT2D eigenvalue weighted by Gasteiger charge is -2.52. The molecule has 1 spiro atoms. The second kappa shape index (κ2) is 12.8. The van der Waals surface area contributed by atoms with Crippen molar-refractivity contribution < 1.29 is 14.7 Å². The van der Waals surface area contributed by atoms with Gasteiger partial charge in [-0.3, -0.25) is 14.5 Å². The molecule has 1 aliphatic carbocycles. The molecule has 0 bridgehead atoms. The fourth-order valence-corrected chi connectivity index (χ4v) is 7.03. The first-order valence-corrected chi connectivity index (χ1v) is 15.0. The maximum atomic E-state index is 13.8. The van der Waals surface area contributed by atoms with Crippen molar-refractivity contribution >= 4 is 35.8 Å². The zero-order chi connectivity index (χ0) is 27.6. The number of hydrogen-bond donors (Lipinski definition) is 2. The quantitative estimate of drug-likeness (QED) is 0.460. The first-order chi connectivity index (χ1) is 18.8. The number of rotatable bonds is 8. The van der Waals surface area contributed by atoms with Gasteiger partial charge in [-0.15, -0.1) is 12.4 Å². The molecular formula is C30H43Cl2N5O3. The van der Waals surface area contributed by atoms with Crippen molar-refractivity contribution in [1.29, 1.82) is 0 Å². The van der Waals surface area contributed by atoms with Crippen LogP contribution in [0, 0.1) is 6.92 Å². The number of amides is 2. The highest BCUT2D eigenvalue weighted by molar-refractivity contribution is 6.30. The predicted octanol–water partition coefficient (Wildman–Crippen LogP) is 4.80. The Labute approximate surface area is 248 Å². The SMILES string of the molecule is CCCCN1C(=O)[C@@H](CC2(O)CCCCC2)NC(=O)C12CCN(Cc1c(C)nn(-c3ccccc3)c1Cl)CC2.Cl. The monoisotopic (exact) mass is 591 g/mol. The van der Waals surface area contributed by atoms with E-state index in [0.29, 0.717) is 63.4 Å². The lowest BCUT2D eigenvalue weighted by molar-refractivity contribution is -0.163. The van der Waals surface area contributed by atoms with Crippen LogP contribution < -0.4 is 5.32 Å². The summed E-state index contributed by atoms with van der Waals surface area (Å²) in [5.74, 6) is -0.0908. The van der Waals surface area contributed by atoms with Gasteiger partial charge in [-0.25, -0.2) is 4.68 Å². The molecule has 0 radical (unpaired) electrons. The molecule has 3 aliphatic rings. The molecule has 1 atom stereocenters. The zero-order valence-corrected chi connectivity index (χ0v) is 25.3. The highest BCUT2D eigenvalue weighted by Crippen LogP contribution is 2.38. The lowest BCUT2D eigenvalue weighted by Crippen LogP contribution is -2.73. The van der Waals surface area contributed by atoms with E-state index in [0.717, 1.165) is 49.0 Å². The zero-order valence-electron chi connectivity index (χ0n) is 23.7. The van der Waals surface area contributed by atoms with Gasteiger partial charge in [-0.2, -0.15) is 5.10 Å². The normalized spacial score (nSPS) is 22.7. The lowest BCUT2D eigenvalue weighted by atomic mass is 9.77. The van der Waals surface area contributed by atoms with Gasteiger partial charge in [0.2, 0.25) is 11.8 Å². The van der Waals surface area contributed by atoms with E-state index in [9.17, 15) is 14.7 Å². The van der Waals surface area contributed by atoms with Gasteiger partial charge in [-0.05, 0) is 51.2 Å². The summed E-state index contributed by atoms with van der Waals surface area (Å²) in [7, 11) is 0. The summed E-state index contributed by atoms with van der Waals surface area (Å²) in [6.45, 7) is 6.68. The summed E-state index contributed by atoms with van der Waals surface area (Å²) in [6, 6.07) is 9.22. The average Bonchev–Trinajstić information content (AvgIpc) is 3.22. The maximum Gasteiger partial charge on any atom is 0.246 e. The fourth-order valence-electron chi connectivity index (χ4n) is 6.70. The molecular weight excluding hydrogens is 549 g/mol. The molecule has 2 amide bonds. The number of hydrogen-bond acceptors (Lipinski definition) is 5. The summed E-state index contributed by atoms with van der Waals surface area (Å²) < 4.78 is 1.78. The molecule has 0 unspecified atom stereocenters. The van der Waals surface area contributed by atoms with Gasteiger partial charge in [0.05, 0.1) is 17.0 Å². The number of aliphatic hydroxyl groups is 1. The Morgan fingerprint density at radius 3 is 2.40 bits per heavy atom. The Balaban J connectivity index is 0.00000370. The standard InChI is InChI=1S/C30H42ClN5O3.ClH/c1-3-4-17-35-27(37)25(20-29(39)13-9-6-10-14-29)32-28(38)30(35)15-18-34(19-16-30)21-24-22(2)33-36(26(24)31)23-11-7-5-8-12-23;/h5,7-8,11-12,25,39H,3-4,6,9-10,13-21H2,1-2H3,(H,32,38);1H/t25-;/m1./s1. The molecule has 3 fully saturated rings. The minimum atomic E-state index is -0.864. The Bertz CT molecular complexity index is 1170. The molecule has 2 aromatic rings. The number of likely N-dealkylation sites (tertiary alicyclic amines) is 1. The van der Waals surface area contributed by atoms with Crippen LogP contribution in [0.25, 0.3) is 5.69 Å². The number of benzene rings is 1. The van der Waals surface area contributed by atoms with Gasteiger partial charge in [0.25, 0.3) is 0 Å². The minimum Gasteiger partial charge on any atom is -0.390 e. The van der Waals surface area contributed by atoms with Crippen molar-refractivity contribution in [3.8, 4) is 5.69 Å². The molecule has 3 heterocycles. The van der Waals surface area contributed by atoms with Crippen LogP contribution in [0.4, 0.5) is 0 Å². The second-order valence-corrected chi connectivity index (χ2v) is 12.1. The van der Waals surface area contributed by atoms with E-state index in [-0.39, 0.29) is 24.2 Å². The third-order valence-corrected chi connectivity index (χ3v) is 9.49. The molecule has 2 N–H and O–H groups in total. The first kappa shape index (κ1) is 30.8. The summed E-state index contributed by atoms with van der Waals surface area (Å²) >= 11 is 6.79. The number of para-hydroxylation sites is 1. The average molecular weight is 593 g/mol. The van der Waals surface area contributed by atoms with E-state index >= 15 is 0 Å². The number of piperidine rings is 1. The molecule has 5 rings (SSSR count). The molecule has 2 aliphatic heterocycles. The summed E-state index contributed by atoms with van der Waals surface area (Å²) in [5.41, 5.74) is 1.11. The molecule has 1 saturated carbocycles. The van der Waals surface area contributed by atoms with E-state index in [1.807, 2.05) is 42.2 Å². The van der Waals surface area contributed by atoms with Crippen molar-refractivity contribution in [2.45, 2.75) is 102 Å². The van der Waals surface area contributed by atoms with Crippen LogP contribution in [-0.2, 0) is 16.1 Å². The van der Waals surface area contributed by atoms with E-state index in [4.69, 9.17) is 11.6 Å². The smallest absolute Gasteiger partial charge is 0.246 e. The van der Waals surface area contributed by atoms with Gasteiger partial charge in [0.15, 0.2) is 0 Å². The molecule has 2 saturated heterocycles. The van der Waals surface area contributed by atoms with Crippen molar-refractivity contribution in [3.63, 3.8) is 0 Å². The predicted molar refractivity (Wildman–Crippen MR) is 159 cm³/mol. The number of piperazine rings is 1. The van der Waals surface area contributed by atoms with Gasteiger partial charge < -0.3 is 15.3 Å². The Morgan fingerprint density at radius 2 is 1.75 bits per heavy atom. The molecule has 10 heteroatoms. The molecule has 1 aromatic carbocycles. The van der Waals surface area contributed by atoms with Gasteiger partial charge in [0.1, 0.15) is 16.7 Å². The van der Waals surface area contributed by atoms with Crippen molar-refractivity contribution in [3.05, 3.63) is 46.7 Å². The van der Waals surface area contributed by atoms with E-state index in [2.05, 4.69) is 22.2 Å². The molecule has 1 aromatic heterocycles. The number of nitrogens with zero attached hydrogens (tertiary/aromatic N) is 4. The van der Waals surface area contributed by atoms with Crippen molar-refractivity contribution in [1.82, 2.24) is 24.9 Å². The number of aromatic nitrogens is 2.